The summed E-state index contributed by atoms with van der Waals surface area (Å²) in [6, 6.07) is 6.74. The largest absolute Gasteiger partial charge is 0.424 e. The standard InChI is InChI=1S/C19H24N4O/c1-3-4-8-20-19-22-15-11-14(5-6-17(15)24-19)16-12-23-9-7-13(2)10-18(23)21-16/h5-6,11-13H,3-4,7-10H2,1-2H3,(H,20,22). The molecule has 1 atom stereocenters. The average Bonchev–Trinajstić information content (AvgIpc) is 3.17. The highest BCUT2D eigenvalue weighted by molar-refractivity contribution is 5.80. The van der Waals surface area contributed by atoms with Crippen molar-refractivity contribution in [2.45, 2.75) is 46.1 Å². The Morgan fingerprint density at radius 2 is 2.25 bits per heavy atom. The van der Waals surface area contributed by atoms with E-state index < -0.39 is 0 Å². The van der Waals surface area contributed by atoms with E-state index >= 15 is 0 Å². The Balaban J connectivity index is 1.60. The lowest BCUT2D eigenvalue weighted by Gasteiger charge is -2.18. The molecular weight excluding hydrogens is 300 g/mol. The molecule has 0 saturated carbocycles. The van der Waals surface area contributed by atoms with Crippen LogP contribution in [0.3, 0.4) is 0 Å². The number of benzene rings is 1. The number of anilines is 1. The van der Waals surface area contributed by atoms with Crippen LogP contribution in [0.5, 0.6) is 0 Å². The molecule has 24 heavy (non-hydrogen) atoms. The van der Waals surface area contributed by atoms with E-state index in [0.29, 0.717) is 6.01 Å². The molecule has 5 heteroatoms. The molecule has 1 aromatic carbocycles. The number of rotatable bonds is 5. The predicted molar refractivity (Wildman–Crippen MR) is 96.1 cm³/mol. The predicted octanol–water partition coefficient (Wildman–Crippen LogP) is 4.49. The van der Waals surface area contributed by atoms with Crippen LogP contribution >= 0.6 is 0 Å². The highest BCUT2D eigenvalue weighted by Gasteiger charge is 2.18. The zero-order valence-corrected chi connectivity index (χ0v) is 14.4. The van der Waals surface area contributed by atoms with Gasteiger partial charge in [-0.1, -0.05) is 20.3 Å². The van der Waals surface area contributed by atoms with E-state index in [1.54, 1.807) is 0 Å². The highest BCUT2D eigenvalue weighted by atomic mass is 16.4. The third-order valence-electron chi connectivity index (χ3n) is 4.74. The average molecular weight is 324 g/mol. The van der Waals surface area contributed by atoms with E-state index in [4.69, 9.17) is 9.40 Å². The van der Waals surface area contributed by atoms with Crippen LogP contribution in [-0.2, 0) is 13.0 Å². The molecule has 0 radical (unpaired) electrons. The van der Waals surface area contributed by atoms with Gasteiger partial charge in [-0.2, -0.15) is 4.98 Å². The van der Waals surface area contributed by atoms with E-state index in [9.17, 15) is 0 Å². The minimum Gasteiger partial charge on any atom is -0.424 e. The maximum atomic E-state index is 5.75. The van der Waals surface area contributed by atoms with Crippen LogP contribution < -0.4 is 5.32 Å². The summed E-state index contributed by atoms with van der Waals surface area (Å²) in [6.45, 7) is 6.43. The van der Waals surface area contributed by atoms with Crippen molar-refractivity contribution < 1.29 is 4.42 Å². The minimum atomic E-state index is 0.605. The lowest BCUT2D eigenvalue weighted by molar-refractivity contribution is 0.409. The van der Waals surface area contributed by atoms with Crippen LogP contribution in [-0.4, -0.2) is 21.1 Å². The van der Waals surface area contributed by atoms with Crippen molar-refractivity contribution in [2.24, 2.45) is 5.92 Å². The Hall–Kier alpha value is -2.30. The van der Waals surface area contributed by atoms with Crippen LogP contribution in [0.25, 0.3) is 22.4 Å². The Kier molecular flexibility index (Phi) is 4.00. The molecule has 0 fully saturated rings. The topological polar surface area (TPSA) is 55.9 Å². The number of unbranched alkanes of at least 4 members (excludes halogenated alkanes) is 1. The van der Waals surface area contributed by atoms with Crippen LogP contribution in [0, 0.1) is 5.92 Å². The van der Waals surface area contributed by atoms with Crippen LogP contribution in [0.2, 0.25) is 0 Å². The van der Waals surface area contributed by atoms with E-state index in [1.807, 2.05) is 6.07 Å². The first kappa shape index (κ1) is 15.2. The molecule has 2 aromatic heterocycles. The van der Waals surface area contributed by atoms with Crippen molar-refractivity contribution in [1.82, 2.24) is 14.5 Å². The Bertz CT molecular complexity index is 848. The van der Waals surface area contributed by atoms with E-state index in [2.05, 4.69) is 47.0 Å². The Morgan fingerprint density at radius 1 is 1.33 bits per heavy atom. The number of hydrogen-bond donors (Lipinski definition) is 1. The second-order valence-corrected chi connectivity index (χ2v) is 6.82. The fourth-order valence-electron chi connectivity index (χ4n) is 3.26. The maximum absolute atomic E-state index is 5.75. The Morgan fingerprint density at radius 3 is 3.12 bits per heavy atom. The quantitative estimate of drug-likeness (QED) is 0.703. The second kappa shape index (κ2) is 6.30. The molecule has 4 rings (SSSR count). The number of nitrogens with zero attached hydrogens (tertiary/aromatic N) is 3. The molecule has 126 valence electrons. The molecule has 1 N–H and O–H groups in total. The van der Waals surface area contributed by atoms with Gasteiger partial charge in [0.25, 0.3) is 6.01 Å². The van der Waals surface area contributed by atoms with Gasteiger partial charge < -0.3 is 14.3 Å². The van der Waals surface area contributed by atoms with Gasteiger partial charge in [0, 0.05) is 31.3 Å². The molecule has 0 aliphatic carbocycles. The van der Waals surface area contributed by atoms with Gasteiger partial charge in [0.05, 0.1) is 5.69 Å². The summed E-state index contributed by atoms with van der Waals surface area (Å²) in [5, 5.41) is 3.24. The summed E-state index contributed by atoms with van der Waals surface area (Å²) in [5.41, 5.74) is 3.83. The maximum Gasteiger partial charge on any atom is 0.295 e. The molecule has 1 aliphatic rings. The van der Waals surface area contributed by atoms with Gasteiger partial charge in [0.1, 0.15) is 11.3 Å². The summed E-state index contributed by atoms with van der Waals surface area (Å²) in [5.74, 6) is 1.92. The van der Waals surface area contributed by atoms with Crippen molar-refractivity contribution in [2.75, 3.05) is 11.9 Å². The highest BCUT2D eigenvalue weighted by Crippen LogP contribution is 2.28. The smallest absolute Gasteiger partial charge is 0.295 e. The number of fused-ring (bicyclic) bond motifs is 2. The first-order valence-corrected chi connectivity index (χ1v) is 8.94. The number of imidazole rings is 1. The van der Waals surface area contributed by atoms with Gasteiger partial charge in [-0.3, -0.25) is 0 Å². The minimum absolute atomic E-state index is 0.605. The summed E-state index contributed by atoms with van der Waals surface area (Å²) in [4.78, 5) is 9.39. The van der Waals surface area contributed by atoms with E-state index in [0.717, 1.165) is 60.6 Å². The zero-order valence-electron chi connectivity index (χ0n) is 14.4. The number of nitrogens with one attached hydrogen (secondary N) is 1. The lowest BCUT2D eigenvalue weighted by atomic mass is 10.0. The summed E-state index contributed by atoms with van der Waals surface area (Å²) in [7, 11) is 0. The molecule has 1 aliphatic heterocycles. The number of aromatic nitrogens is 3. The van der Waals surface area contributed by atoms with Crippen LogP contribution in [0.1, 0.15) is 38.9 Å². The van der Waals surface area contributed by atoms with Crippen molar-refractivity contribution in [3.8, 4) is 11.3 Å². The summed E-state index contributed by atoms with van der Waals surface area (Å²) < 4.78 is 8.04. The fourth-order valence-corrected chi connectivity index (χ4v) is 3.26. The van der Waals surface area contributed by atoms with Crippen molar-refractivity contribution in [3.63, 3.8) is 0 Å². The number of aryl methyl sites for hydroxylation is 1. The van der Waals surface area contributed by atoms with Gasteiger partial charge in [0.2, 0.25) is 0 Å². The lowest BCUT2D eigenvalue weighted by Crippen LogP contribution is -2.16. The van der Waals surface area contributed by atoms with Crippen LogP contribution in [0.15, 0.2) is 28.8 Å². The molecule has 0 amide bonds. The molecule has 0 saturated heterocycles. The number of oxazole rings is 1. The van der Waals surface area contributed by atoms with Crippen LogP contribution in [0.4, 0.5) is 6.01 Å². The third kappa shape index (κ3) is 2.90. The monoisotopic (exact) mass is 324 g/mol. The molecule has 1 unspecified atom stereocenters. The van der Waals surface area contributed by atoms with Crippen molar-refractivity contribution in [1.29, 1.82) is 0 Å². The molecule has 3 heterocycles. The second-order valence-electron chi connectivity index (χ2n) is 6.82. The molecular formula is C19H24N4O. The summed E-state index contributed by atoms with van der Waals surface area (Å²) >= 11 is 0. The Labute approximate surface area is 142 Å². The van der Waals surface area contributed by atoms with Gasteiger partial charge in [-0.05, 0) is 37.0 Å². The molecule has 3 aromatic rings. The first-order valence-electron chi connectivity index (χ1n) is 8.94. The SMILES string of the molecule is CCCCNc1nc2cc(-c3cn4c(n3)CC(C)CC4)ccc2o1. The fraction of sp³-hybridized carbons (Fsp3) is 0.474. The van der Waals surface area contributed by atoms with E-state index in [-0.39, 0.29) is 0 Å². The van der Waals surface area contributed by atoms with Gasteiger partial charge >= 0.3 is 0 Å². The van der Waals surface area contributed by atoms with Gasteiger partial charge in [-0.25, -0.2) is 4.98 Å². The van der Waals surface area contributed by atoms with Gasteiger partial charge in [-0.15, -0.1) is 0 Å². The molecule has 0 spiro atoms. The number of hydrogen-bond acceptors (Lipinski definition) is 4. The molecule has 5 nitrogen and oxygen atoms in total. The zero-order chi connectivity index (χ0) is 16.5. The first-order chi connectivity index (χ1) is 11.7. The molecule has 0 bridgehead atoms. The normalized spacial score (nSPS) is 17.2. The van der Waals surface area contributed by atoms with Gasteiger partial charge in [0.15, 0.2) is 5.58 Å². The van der Waals surface area contributed by atoms with E-state index in [1.165, 1.54) is 12.2 Å². The van der Waals surface area contributed by atoms with Crippen molar-refractivity contribution in [3.05, 3.63) is 30.2 Å². The summed E-state index contributed by atoms with van der Waals surface area (Å²) in [6.07, 6.45) is 6.74. The van der Waals surface area contributed by atoms with Crippen molar-refractivity contribution >= 4 is 17.1 Å². The third-order valence-corrected chi connectivity index (χ3v) is 4.74.